The molecule has 2 amide bonds. The van der Waals surface area contributed by atoms with Gasteiger partial charge in [0.15, 0.2) is 0 Å². The molecule has 0 aromatic heterocycles. The van der Waals surface area contributed by atoms with Crippen LogP contribution in [0, 0.1) is 5.92 Å². The predicted octanol–water partition coefficient (Wildman–Crippen LogP) is 2.53. The van der Waals surface area contributed by atoms with E-state index in [-0.39, 0.29) is 36.2 Å². The Hall–Kier alpha value is -1.79. The van der Waals surface area contributed by atoms with Gasteiger partial charge < -0.3 is 21.1 Å². The Labute approximate surface area is 142 Å². The second kappa shape index (κ2) is 8.74. The van der Waals surface area contributed by atoms with Crippen molar-refractivity contribution in [2.24, 2.45) is 11.7 Å². The van der Waals surface area contributed by atoms with E-state index in [1.54, 1.807) is 25.3 Å². The van der Waals surface area contributed by atoms with E-state index in [1.807, 2.05) is 0 Å². The van der Waals surface area contributed by atoms with E-state index in [0.29, 0.717) is 23.5 Å². The molecule has 0 aliphatic heterocycles. The van der Waals surface area contributed by atoms with Crippen molar-refractivity contribution in [3.05, 3.63) is 18.2 Å². The number of nitrogens with two attached hydrogens (primary N) is 1. The van der Waals surface area contributed by atoms with Crippen molar-refractivity contribution < 1.29 is 14.3 Å². The molecule has 2 unspecified atom stereocenters. The second-order valence-corrected chi connectivity index (χ2v) is 5.71. The normalized spacial score (nSPS) is 20.1. The van der Waals surface area contributed by atoms with Crippen LogP contribution in [0.2, 0.25) is 0 Å². The molecular weight excluding hydrogens is 318 g/mol. The van der Waals surface area contributed by atoms with Gasteiger partial charge in [0.2, 0.25) is 11.8 Å². The molecule has 1 aromatic carbocycles. The van der Waals surface area contributed by atoms with Gasteiger partial charge >= 0.3 is 0 Å². The Balaban J connectivity index is 0.00000264. The molecule has 4 N–H and O–H groups in total. The minimum absolute atomic E-state index is 0. The topological polar surface area (TPSA) is 93.5 Å². The molecule has 1 fully saturated rings. The number of hydrogen-bond acceptors (Lipinski definition) is 4. The van der Waals surface area contributed by atoms with Crippen molar-refractivity contribution in [2.45, 2.75) is 38.6 Å². The Morgan fingerprint density at radius 2 is 2.00 bits per heavy atom. The second-order valence-electron chi connectivity index (χ2n) is 5.71. The van der Waals surface area contributed by atoms with Gasteiger partial charge in [-0.15, -0.1) is 12.4 Å². The smallest absolute Gasteiger partial charge is 0.227 e. The van der Waals surface area contributed by atoms with Gasteiger partial charge in [-0.2, -0.15) is 0 Å². The van der Waals surface area contributed by atoms with Crippen molar-refractivity contribution in [3.63, 3.8) is 0 Å². The fourth-order valence-corrected chi connectivity index (χ4v) is 2.79. The number of methoxy groups -OCH3 is 1. The number of carbonyl (C=O) groups is 2. The zero-order valence-electron chi connectivity index (χ0n) is 13.4. The van der Waals surface area contributed by atoms with Crippen LogP contribution in [0.4, 0.5) is 11.4 Å². The fraction of sp³-hybridized carbons (Fsp3) is 0.500. The molecule has 0 bridgehead atoms. The molecule has 23 heavy (non-hydrogen) atoms. The number of ether oxygens (including phenoxy) is 1. The van der Waals surface area contributed by atoms with Crippen molar-refractivity contribution in [1.29, 1.82) is 0 Å². The number of amides is 2. The number of rotatable bonds is 4. The van der Waals surface area contributed by atoms with Gasteiger partial charge in [0, 0.05) is 24.6 Å². The molecule has 0 spiro atoms. The highest BCUT2D eigenvalue weighted by atomic mass is 35.5. The lowest BCUT2D eigenvalue weighted by Gasteiger charge is -2.26. The maximum Gasteiger partial charge on any atom is 0.227 e. The third-order valence-electron chi connectivity index (χ3n) is 3.86. The lowest BCUT2D eigenvalue weighted by Crippen LogP contribution is -2.34. The first-order valence-corrected chi connectivity index (χ1v) is 7.51. The number of anilines is 2. The molecule has 0 radical (unpaired) electrons. The van der Waals surface area contributed by atoms with Crippen LogP contribution >= 0.6 is 12.4 Å². The summed E-state index contributed by atoms with van der Waals surface area (Å²) in [5.74, 6) is 0.273. The van der Waals surface area contributed by atoms with E-state index < -0.39 is 0 Å². The third kappa shape index (κ3) is 5.41. The van der Waals surface area contributed by atoms with Crippen LogP contribution in [-0.4, -0.2) is 25.0 Å². The monoisotopic (exact) mass is 341 g/mol. The molecular formula is C16H24ClN3O3. The maximum atomic E-state index is 12.4. The first kappa shape index (κ1) is 19.3. The summed E-state index contributed by atoms with van der Waals surface area (Å²) in [6, 6.07) is 5.23. The van der Waals surface area contributed by atoms with Crippen molar-refractivity contribution >= 4 is 35.6 Å². The number of carbonyl (C=O) groups excluding carboxylic acids is 2. The number of hydrogen-bond donors (Lipinski definition) is 3. The van der Waals surface area contributed by atoms with Crippen LogP contribution in [0.3, 0.4) is 0 Å². The Morgan fingerprint density at radius 1 is 1.26 bits per heavy atom. The maximum absolute atomic E-state index is 12.4. The standard InChI is InChI=1S/C16H23N3O3.ClH/c1-10(20)18-13-6-7-15(22-2)14(9-13)19-16(21)11-4-3-5-12(17)8-11;/h6-7,9,11-12H,3-5,8,17H2,1-2H3,(H,18,20)(H,19,21);1H. The summed E-state index contributed by atoms with van der Waals surface area (Å²) in [5.41, 5.74) is 7.11. The Morgan fingerprint density at radius 3 is 2.61 bits per heavy atom. The average Bonchev–Trinajstić information content (AvgIpc) is 2.47. The summed E-state index contributed by atoms with van der Waals surface area (Å²) in [7, 11) is 1.54. The summed E-state index contributed by atoms with van der Waals surface area (Å²) in [5, 5.41) is 5.59. The van der Waals surface area contributed by atoms with Gasteiger partial charge in [-0.1, -0.05) is 6.42 Å². The summed E-state index contributed by atoms with van der Waals surface area (Å²) in [6.07, 6.45) is 3.51. The molecule has 1 saturated carbocycles. The molecule has 2 atom stereocenters. The van der Waals surface area contributed by atoms with Gasteiger partial charge in [-0.25, -0.2) is 0 Å². The van der Waals surface area contributed by atoms with E-state index in [1.165, 1.54) is 6.92 Å². The largest absolute Gasteiger partial charge is 0.495 e. The van der Waals surface area contributed by atoms with E-state index in [9.17, 15) is 9.59 Å². The number of benzene rings is 1. The lowest BCUT2D eigenvalue weighted by molar-refractivity contribution is -0.121. The van der Waals surface area contributed by atoms with E-state index in [2.05, 4.69) is 10.6 Å². The van der Waals surface area contributed by atoms with Crippen molar-refractivity contribution in [3.8, 4) is 5.75 Å². The van der Waals surface area contributed by atoms with Gasteiger partial charge in [0.1, 0.15) is 5.75 Å². The molecule has 6 nitrogen and oxygen atoms in total. The van der Waals surface area contributed by atoms with Crippen LogP contribution in [0.1, 0.15) is 32.6 Å². The van der Waals surface area contributed by atoms with Gasteiger partial charge in [0.25, 0.3) is 0 Å². The van der Waals surface area contributed by atoms with Crippen LogP contribution in [0.15, 0.2) is 18.2 Å². The van der Waals surface area contributed by atoms with Crippen LogP contribution in [0.25, 0.3) is 0 Å². The summed E-state index contributed by atoms with van der Waals surface area (Å²) < 4.78 is 5.26. The Bertz CT molecular complexity index is 566. The van der Waals surface area contributed by atoms with Crippen LogP contribution in [0.5, 0.6) is 5.75 Å². The van der Waals surface area contributed by atoms with Gasteiger partial charge in [-0.05, 0) is 37.5 Å². The number of halogens is 1. The molecule has 0 heterocycles. The average molecular weight is 342 g/mol. The minimum atomic E-state index is -0.166. The first-order chi connectivity index (χ1) is 10.5. The summed E-state index contributed by atoms with van der Waals surface area (Å²) in [4.78, 5) is 23.5. The molecule has 128 valence electrons. The molecule has 1 aliphatic rings. The molecule has 7 heteroatoms. The number of nitrogens with one attached hydrogen (secondary N) is 2. The van der Waals surface area contributed by atoms with E-state index >= 15 is 0 Å². The SMILES string of the molecule is COc1ccc(NC(C)=O)cc1NC(=O)C1CCCC(N)C1.Cl. The zero-order chi connectivity index (χ0) is 16.1. The highest BCUT2D eigenvalue weighted by Gasteiger charge is 2.26. The predicted molar refractivity (Wildman–Crippen MR) is 93.1 cm³/mol. The zero-order valence-corrected chi connectivity index (χ0v) is 14.2. The van der Waals surface area contributed by atoms with Crippen molar-refractivity contribution in [2.75, 3.05) is 17.7 Å². The van der Waals surface area contributed by atoms with Gasteiger partial charge in [-0.3, -0.25) is 9.59 Å². The summed E-state index contributed by atoms with van der Waals surface area (Å²) >= 11 is 0. The van der Waals surface area contributed by atoms with Crippen LogP contribution in [-0.2, 0) is 9.59 Å². The Kier molecular flexibility index (Phi) is 7.32. The summed E-state index contributed by atoms with van der Waals surface area (Å²) in [6.45, 7) is 1.44. The molecule has 2 rings (SSSR count). The van der Waals surface area contributed by atoms with E-state index in [4.69, 9.17) is 10.5 Å². The first-order valence-electron chi connectivity index (χ1n) is 7.51. The molecule has 1 aromatic rings. The highest BCUT2D eigenvalue weighted by molar-refractivity contribution is 5.96. The van der Waals surface area contributed by atoms with Gasteiger partial charge in [0.05, 0.1) is 12.8 Å². The quantitative estimate of drug-likeness (QED) is 0.784. The third-order valence-corrected chi connectivity index (χ3v) is 3.86. The van der Waals surface area contributed by atoms with Crippen LogP contribution < -0.4 is 21.1 Å². The lowest BCUT2D eigenvalue weighted by atomic mass is 9.85. The van der Waals surface area contributed by atoms with Crippen molar-refractivity contribution in [1.82, 2.24) is 0 Å². The molecule has 0 saturated heterocycles. The highest BCUT2D eigenvalue weighted by Crippen LogP contribution is 2.30. The van der Waals surface area contributed by atoms with E-state index in [0.717, 1.165) is 19.3 Å². The minimum Gasteiger partial charge on any atom is -0.495 e. The molecule has 1 aliphatic carbocycles. The fourth-order valence-electron chi connectivity index (χ4n) is 2.79.